The molecule has 0 bridgehead atoms. The van der Waals surface area contributed by atoms with E-state index in [1.54, 1.807) is 6.07 Å². The maximum Gasteiger partial charge on any atom is 0.128 e. The Balaban J connectivity index is 1.56. The second-order valence-electron chi connectivity index (χ2n) is 7.97. The molecule has 2 aliphatic heterocycles. The number of aryl methyl sites for hydroxylation is 1. The van der Waals surface area contributed by atoms with E-state index in [0.29, 0.717) is 12.0 Å². The second-order valence-corrected chi connectivity index (χ2v) is 7.97. The van der Waals surface area contributed by atoms with E-state index in [1.807, 2.05) is 6.07 Å². The maximum atomic E-state index is 14.4. The molecule has 0 aromatic heterocycles. The first-order valence-electron chi connectivity index (χ1n) is 9.40. The van der Waals surface area contributed by atoms with Gasteiger partial charge in [0.05, 0.1) is 0 Å². The van der Waals surface area contributed by atoms with Gasteiger partial charge in [0.15, 0.2) is 0 Å². The monoisotopic (exact) mass is 332 g/mol. The van der Waals surface area contributed by atoms with Crippen LogP contribution in [0, 0.1) is 17.7 Å². The third kappa shape index (κ3) is 2.89. The van der Waals surface area contributed by atoms with E-state index in [2.05, 4.69) is 30.0 Å². The third-order valence-corrected chi connectivity index (χ3v) is 6.50. The molecule has 3 aliphatic rings. The van der Waals surface area contributed by atoms with Gasteiger partial charge in [0.2, 0.25) is 0 Å². The minimum atomic E-state index is -0.00841. The minimum Gasteiger partial charge on any atom is -0.381 e. The van der Waals surface area contributed by atoms with Gasteiger partial charge in [0.25, 0.3) is 0 Å². The van der Waals surface area contributed by atoms with Gasteiger partial charge >= 0.3 is 0 Å². The molecule has 2 heterocycles. The lowest BCUT2D eigenvalue weighted by molar-refractivity contribution is 0.0365. The van der Waals surface area contributed by atoms with E-state index in [-0.39, 0.29) is 11.9 Å². The summed E-state index contributed by atoms with van der Waals surface area (Å²) in [6, 6.07) is 6.44. The van der Waals surface area contributed by atoms with Crippen molar-refractivity contribution >= 4 is 0 Å². The van der Waals surface area contributed by atoms with Crippen LogP contribution in [0.5, 0.6) is 0 Å². The molecule has 0 spiro atoms. The van der Waals surface area contributed by atoms with Crippen LogP contribution in [0.4, 0.5) is 4.39 Å². The molecule has 3 atom stereocenters. The van der Waals surface area contributed by atoms with Gasteiger partial charge < -0.3 is 9.64 Å². The summed E-state index contributed by atoms with van der Waals surface area (Å²) in [6.45, 7) is 3.98. The maximum absolute atomic E-state index is 14.4. The van der Waals surface area contributed by atoms with Crippen molar-refractivity contribution in [2.45, 2.75) is 37.8 Å². The van der Waals surface area contributed by atoms with E-state index in [9.17, 15) is 4.39 Å². The summed E-state index contributed by atoms with van der Waals surface area (Å²) in [5, 5.41) is 0. The molecule has 3 nitrogen and oxygen atoms in total. The molecule has 0 radical (unpaired) electrons. The van der Waals surface area contributed by atoms with Crippen LogP contribution in [0.15, 0.2) is 18.2 Å². The summed E-state index contributed by atoms with van der Waals surface area (Å²) in [7, 11) is 4.40. The summed E-state index contributed by atoms with van der Waals surface area (Å²) >= 11 is 0. The minimum absolute atomic E-state index is 0.00841. The van der Waals surface area contributed by atoms with Crippen molar-refractivity contribution in [3.63, 3.8) is 0 Å². The summed E-state index contributed by atoms with van der Waals surface area (Å²) < 4.78 is 20.0. The van der Waals surface area contributed by atoms with Crippen LogP contribution in [0.1, 0.15) is 36.4 Å². The van der Waals surface area contributed by atoms with E-state index in [4.69, 9.17) is 4.74 Å². The molecule has 0 amide bonds. The number of benzene rings is 1. The van der Waals surface area contributed by atoms with Gasteiger partial charge in [-0.15, -0.1) is 0 Å². The Morgan fingerprint density at radius 2 is 1.92 bits per heavy atom. The van der Waals surface area contributed by atoms with Crippen LogP contribution in [0.2, 0.25) is 0 Å². The Hall–Kier alpha value is -0.970. The van der Waals surface area contributed by atoms with Crippen molar-refractivity contribution in [2.24, 2.45) is 11.8 Å². The average Bonchev–Trinajstić information content (AvgIpc) is 3.20. The molecule has 1 aromatic rings. The van der Waals surface area contributed by atoms with Crippen molar-refractivity contribution in [2.75, 3.05) is 40.4 Å². The Labute approximate surface area is 144 Å². The van der Waals surface area contributed by atoms with Crippen molar-refractivity contribution in [3.8, 4) is 0 Å². The van der Waals surface area contributed by atoms with Crippen LogP contribution >= 0.6 is 0 Å². The fourth-order valence-corrected chi connectivity index (χ4v) is 5.23. The van der Waals surface area contributed by atoms with Crippen LogP contribution in [0.3, 0.4) is 0 Å². The summed E-state index contributed by atoms with van der Waals surface area (Å²) in [5.74, 6) is 1.42. The standard InChI is InChI=1S/C20H29FN2O/c1-22(2)19-13-23(12-16(19)14-8-10-24-11-9-14)18-7-6-15-4-3-5-17(21)20(15)18/h3-5,14,16,18-19H,6-13H2,1-2H3/t16-,18?,19+/m1/s1. The first kappa shape index (κ1) is 16.5. The number of rotatable bonds is 3. The van der Waals surface area contributed by atoms with Crippen molar-refractivity contribution in [1.82, 2.24) is 9.80 Å². The summed E-state index contributed by atoms with van der Waals surface area (Å²) in [5.41, 5.74) is 2.19. The molecule has 1 unspecified atom stereocenters. The number of halogens is 1. The molecule has 1 aromatic carbocycles. The van der Waals surface area contributed by atoms with Crippen LogP contribution in [-0.4, -0.2) is 56.2 Å². The molecular weight excluding hydrogens is 303 g/mol. The number of likely N-dealkylation sites (tertiary alicyclic amines) is 1. The Morgan fingerprint density at radius 3 is 2.67 bits per heavy atom. The normalized spacial score (nSPS) is 31.8. The highest BCUT2D eigenvalue weighted by Gasteiger charge is 2.43. The number of likely N-dealkylation sites (N-methyl/N-ethyl adjacent to an activating group) is 1. The molecule has 0 saturated carbocycles. The molecule has 2 saturated heterocycles. The van der Waals surface area contributed by atoms with Crippen molar-refractivity contribution in [3.05, 3.63) is 35.1 Å². The first-order chi connectivity index (χ1) is 11.6. The molecule has 4 heteroatoms. The zero-order valence-corrected chi connectivity index (χ0v) is 14.9. The lowest BCUT2D eigenvalue weighted by Crippen LogP contribution is -2.39. The van der Waals surface area contributed by atoms with Gasteiger partial charge in [0, 0.05) is 44.0 Å². The topological polar surface area (TPSA) is 15.7 Å². The molecule has 132 valence electrons. The zero-order valence-electron chi connectivity index (χ0n) is 14.9. The predicted octanol–water partition coefficient (Wildman–Crippen LogP) is 3.10. The molecule has 4 rings (SSSR count). The van der Waals surface area contributed by atoms with Crippen LogP contribution in [0.25, 0.3) is 0 Å². The number of hydrogen-bond donors (Lipinski definition) is 0. The molecule has 0 N–H and O–H groups in total. The molecule has 24 heavy (non-hydrogen) atoms. The lowest BCUT2D eigenvalue weighted by Gasteiger charge is -2.33. The first-order valence-corrected chi connectivity index (χ1v) is 9.40. The van der Waals surface area contributed by atoms with Gasteiger partial charge in [-0.1, -0.05) is 12.1 Å². The highest BCUT2D eigenvalue weighted by Crippen LogP contribution is 2.42. The van der Waals surface area contributed by atoms with Gasteiger partial charge in [0.1, 0.15) is 5.82 Å². The summed E-state index contributed by atoms with van der Waals surface area (Å²) in [6.07, 6.45) is 4.44. The summed E-state index contributed by atoms with van der Waals surface area (Å²) in [4.78, 5) is 4.96. The second kappa shape index (κ2) is 6.74. The van der Waals surface area contributed by atoms with Gasteiger partial charge in [-0.25, -0.2) is 4.39 Å². The molecule has 1 aliphatic carbocycles. The van der Waals surface area contributed by atoms with Gasteiger partial charge in [-0.05, 0) is 63.2 Å². The van der Waals surface area contributed by atoms with Crippen molar-refractivity contribution < 1.29 is 9.13 Å². The molecule has 2 fully saturated rings. The van der Waals surface area contributed by atoms with E-state index >= 15 is 0 Å². The number of ether oxygens (including phenoxy) is 1. The zero-order chi connectivity index (χ0) is 16.7. The number of fused-ring (bicyclic) bond motifs is 1. The molecular formula is C20H29FN2O. The largest absolute Gasteiger partial charge is 0.381 e. The Kier molecular flexibility index (Phi) is 4.63. The van der Waals surface area contributed by atoms with Gasteiger partial charge in [-0.2, -0.15) is 0 Å². The predicted molar refractivity (Wildman–Crippen MR) is 93.5 cm³/mol. The SMILES string of the molecule is CN(C)[C@H]1CN(C2CCc3cccc(F)c32)C[C@@H]1C1CCOCC1. The third-order valence-electron chi connectivity index (χ3n) is 6.50. The fraction of sp³-hybridized carbons (Fsp3) is 0.700. The Morgan fingerprint density at radius 1 is 1.12 bits per heavy atom. The quantitative estimate of drug-likeness (QED) is 0.846. The lowest BCUT2D eigenvalue weighted by atomic mass is 9.82. The smallest absolute Gasteiger partial charge is 0.128 e. The highest BCUT2D eigenvalue weighted by atomic mass is 19.1. The van der Waals surface area contributed by atoms with E-state index < -0.39 is 0 Å². The van der Waals surface area contributed by atoms with Gasteiger partial charge in [-0.3, -0.25) is 4.90 Å². The average molecular weight is 332 g/mol. The van der Waals surface area contributed by atoms with Crippen molar-refractivity contribution in [1.29, 1.82) is 0 Å². The fourth-order valence-electron chi connectivity index (χ4n) is 5.23. The highest BCUT2D eigenvalue weighted by molar-refractivity contribution is 5.36. The van der Waals surface area contributed by atoms with Crippen LogP contribution in [-0.2, 0) is 11.2 Å². The van der Waals surface area contributed by atoms with E-state index in [0.717, 1.165) is 50.6 Å². The number of hydrogen-bond acceptors (Lipinski definition) is 3. The van der Waals surface area contributed by atoms with E-state index in [1.165, 1.54) is 18.4 Å². The Bertz CT molecular complexity index is 585. The number of nitrogens with zero attached hydrogens (tertiary/aromatic N) is 2. The van der Waals surface area contributed by atoms with Crippen LogP contribution < -0.4 is 0 Å².